The van der Waals surface area contributed by atoms with Gasteiger partial charge in [0.15, 0.2) is 5.82 Å². The van der Waals surface area contributed by atoms with E-state index >= 15 is 0 Å². The van der Waals surface area contributed by atoms with Crippen LogP contribution in [0.4, 0.5) is 28.8 Å². The molecule has 3 fully saturated rings. The largest absolute Gasteiger partial charge is 0.494 e. The Hall–Kier alpha value is -4.16. The van der Waals surface area contributed by atoms with Gasteiger partial charge in [-0.1, -0.05) is 37.1 Å². The van der Waals surface area contributed by atoms with Crippen LogP contribution in [0, 0.1) is 33.8 Å². The third-order valence-electron chi connectivity index (χ3n) is 10.6. The van der Waals surface area contributed by atoms with Gasteiger partial charge in [-0.2, -0.15) is 4.98 Å². The van der Waals surface area contributed by atoms with Gasteiger partial charge in [-0.3, -0.25) is 19.8 Å². The summed E-state index contributed by atoms with van der Waals surface area (Å²) < 4.78 is 5.73. The van der Waals surface area contributed by atoms with Crippen molar-refractivity contribution in [3.63, 3.8) is 0 Å². The average molecular weight is 691 g/mol. The van der Waals surface area contributed by atoms with Crippen LogP contribution in [0.15, 0.2) is 48.7 Å². The first-order valence-electron chi connectivity index (χ1n) is 17.5. The molecule has 6 rings (SSSR count). The molecule has 3 aliphatic rings. The number of carbonyl (C=O) groups is 1. The number of hydrogen-bond donors (Lipinski definition) is 3. The number of nitro benzene ring substituents is 1. The molecule has 3 aromatic rings. The van der Waals surface area contributed by atoms with Crippen molar-refractivity contribution in [3.8, 4) is 5.75 Å². The van der Waals surface area contributed by atoms with Crippen molar-refractivity contribution in [2.45, 2.75) is 52.0 Å². The maximum Gasteiger partial charge on any atom is 0.269 e. The molecule has 3 N–H and O–H groups in total. The van der Waals surface area contributed by atoms with Gasteiger partial charge < -0.3 is 25.6 Å². The Morgan fingerprint density at radius 3 is 2.73 bits per heavy atom. The van der Waals surface area contributed by atoms with Gasteiger partial charge in [0.1, 0.15) is 10.8 Å². The van der Waals surface area contributed by atoms with E-state index in [2.05, 4.69) is 48.7 Å². The van der Waals surface area contributed by atoms with Crippen molar-refractivity contribution in [1.29, 1.82) is 0 Å². The maximum absolute atomic E-state index is 12.7. The molecule has 1 saturated heterocycles. The van der Waals surface area contributed by atoms with E-state index in [0.717, 1.165) is 74.7 Å². The number of nitrogens with zero attached hydrogens (tertiary/aromatic N) is 5. The number of nitrogens with one attached hydrogen (secondary N) is 3. The molecular weight excluding hydrogens is 644 g/mol. The van der Waals surface area contributed by atoms with Crippen LogP contribution in [0.1, 0.15) is 51.0 Å². The minimum absolute atomic E-state index is 0.0236. The van der Waals surface area contributed by atoms with E-state index < -0.39 is 4.92 Å². The van der Waals surface area contributed by atoms with E-state index in [-0.39, 0.29) is 11.6 Å². The van der Waals surface area contributed by atoms with Gasteiger partial charge >= 0.3 is 0 Å². The highest BCUT2D eigenvalue weighted by molar-refractivity contribution is 6.32. The summed E-state index contributed by atoms with van der Waals surface area (Å²) >= 11 is 6.34. The number of piperazine rings is 1. The van der Waals surface area contributed by atoms with E-state index in [0.29, 0.717) is 47.1 Å². The third kappa shape index (κ3) is 8.53. The van der Waals surface area contributed by atoms with Crippen molar-refractivity contribution >= 4 is 46.3 Å². The lowest BCUT2D eigenvalue weighted by atomic mass is 9.85. The Kier molecular flexibility index (Phi) is 11.4. The zero-order valence-electron chi connectivity index (χ0n) is 28.4. The summed E-state index contributed by atoms with van der Waals surface area (Å²) in [5, 5.41) is 21.0. The molecule has 2 saturated carbocycles. The minimum atomic E-state index is -0.423. The number of halogens is 1. The molecule has 13 heteroatoms. The number of carbonyl (C=O) groups excluding carboxylic acids is 1. The number of anilines is 4. The summed E-state index contributed by atoms with van der Waals surface area (Å²) in [5.74, 6) is 4.74. The summed E-state index contributed by atoms with van der Waals surface area (Å²) in [5.41, 5.74) is 2.54. The predicted molar refractivity (Wildman–Crippen MR) is 193 cm³/mol. The summed E-state index contributed by atoms with van der Waals surface area (Å²) in [6.07, 6.45) is 8.41. The molecule has 2 aromatic carbocycles. The lowest BCUT2D eigenvalue weighted by Gasteiger charge is -2.36. The van der Waals surface area contributed by atoms with Crippen LogP contribution >= 0.6 is 11.6 Å². The van der Waals surface area contributed by atoms with Crippen LogP contribution in [-0.2, 0) is 11.3 Å². The van der Waals surface area contributed by atoms with Crippen LogP contribution < -0.4 is 25.6 Å². The zero-order valence-corrected chi connectivity index (χ0v) is 29.1. The molecule has 1 aliphatic heterocycles. The molecule has 2 heterocycles. The van der Waals surface area contributed by atoms with Gasteiger partial charge in [0.05, 0.1) is 23.9 Å². The molecule has 2 bridgehead atoms. The molecule has 0 spiro atoms. The van der Waals surface area contributed by atoms with Gasteiger partial charge in [-0.15, -0.1) is 0 Å². The van der Waals surface area contributed by atoms with Crippen LogP contribution in [0.3, 0.4) is 0 Å². The Labute approximate surface area is 293 Å². The molecule has 4 atom stereocenters. The molecule has 1 amide bonds. The van der Waals surface area contributed by atoms with Crippen LogP contribution in [0.25, 0.3) is 0 Å². The predicted octanol–water partition coefficient (Wildman–Crippen LogP) is 6.49. The number of ether oxygens (including phenoxy) is 1. The van der Waals surface area contributed by atoms with Crippen molar-refractivity contribution in [2.24, 2.45) is 23.7 Å². The van der Waals surface area contributed by atoms with Gasteiger partial charge in [0.2, 0.25) is 11.9 Å². The highest BCUT2D eigenvalue weighted by Crippen LogP contribution is 2.55. The van der Waals surface area contributed by atoms with Gasteiger partial charge in [-0.05, 0) is 73.6 Å². The average Bonchev–Trinajstić information content (AvgIpc) is 3.67. The Balaban J connectivity index is 0.946. The molecule has 0 radical (unpaired) electrons. The fourth-order valence-corrected chi connectivity index (χ4v) is 8.34. The SMILES string of the molecule is CC[C@@H]1[C@@H]2CC[C@H]1C(CC(=O)NCCCN1CCN(c3ccc(Nc4ncc(Cl)c(NCc5cccc([N+](=O)[O-])c5)n4)c(OC)c3)CC1)C2. The first-order valence-corrected chi connectivity index (χ1v) is 17.9. The summed E-state index contributed by atoms with van der Waals surface area (Å²) in [7, 11) is 1.63. The second-order valence-electron chi connectivity index (χ2n) is 13.5. The second-order valence-corrected chi connectivity index (χ2v) is 13.9. The molecule has 49 heavy (non-hydrogen) atoms. The zero-order chi connectivity index (χ0) is 34.3. The number of rotatable bonds is 15. The lowest BCUT2D eigenvalue weighted by molar-refractivity contribution is -0.384. The topological polar surface area (TPSA) is 138 Å². The van der Waals surface area contributed by atoms with E-state index in [1.807, 2.05) is 12.1 Å². The first kappa shape index (κ1) is 34.7. The van der Waals surface area contributed by atoms with E-state index in [4.69, 9.17) is 16.3 Å². The minimum Gasteiger partial charge on any atom is -0.494 e. The highest BCUT2D eigenvalue weighted by Gasteiger charge is 2.47. The number of nitro groups is 1. The van der Waals surface area contributed by atoms with E-state index in [1.54, 1.807) is 19.2 Å². The monoisotopic (exact) mass is 690 g/mol. The number of non-ortho nitro benzene ring substituents is 1. The Morgan fingerprint density at radius 2 is 1.98 bits per heavy atom. The van der Waals surface area contributed by atoms with Crippen molar-refractivity contribution < 1.29 is 14.5 Å². The maximum atomic E-state index is 12.7. The Bertz CT molecular complexity index is 1620. The first-order chi connectivity index (χ1) is 23.8. The van der Waals surface area contributed by atoms with Crippen molar-refractivity contribution in [2.75, 3.05) is 61.9 Å². The molecule has 2 aliphatic carbocycles. The fourth-order valence-electron chi connectivity index (χ4n) is 8.18. The van der Waals surface area contributed by atoms with Crippen LogP contribution in [0.2, 0.25) is 5.02 Å². The fraction of sp³-hybridized carbons (Fsp3) is 0.528. The summed E-state index contributed by atoms with van der Waals surface area (Å²) in [4.78, 5) is 37.0. The van der Waals surface area contributed by atoms with Gasteiger partial charge in [-0.25, -0.2) is 4.98 Å². The van der Waals surface area contributed by atoms with Gasteiger partial charge in [0.25, 0.3) is 5.69 Å². The number of hydrogen-bond acceptors (Lipinski definition) is 10. The van der Waals surface area contributed by atoms with Crippen molar-refractivity contribution in [3.05, 3.63) is 69.4 Å². The summed E-state index contributed by atoms with van der Waals surface area (Å²) in [6.45, 7) is 8.09. The summed E-state index contributed by atoms with van der Waals surface area (Å²) in [6, 6.07) is 12.4. The molecular formula is C36H47ClN8O4. The lowest BCUT2D eigenvalue weighted by Crippen LogP contribution is -2.47. The third-order valence-corrected chi connectivity index (χ3v) is 10.9. The molecule has 12 nitrogen and oxygen atoms in total. The second kappa shape index (κ2) is 16.0. The molecule has 1 unspecified atom stereocenters. The number of amides is 1. The van der Waals surface area contributed by atoms with E-state index in [1.165, 1.54) is 44.0 Å². The van der Waals surface area contributed by atoms with Gasteiger partial charge in [0, 0.05) is 69.6 Å². The van der Waals surface area contributed by atoms with Crippen molar-refractivity contribution in [1.82, 2.24) is 20.2 Å². The number of fused-ring (bicyclic) bond motifs is 2. The number of methoxy groups -OCH3 is 1. The number of aromatic nitrogens is 2. The number of benzene rings is 2. The molecule has 1 aromatic heterocycles. The standard InChI is InChI=1S/C36H47ClN8O4/c1-3-29-25-8-10-30(29)26(19-25)20-34(46)38-12-5-13-43-14-16-44(17-15-43)27-9-11-32(33(21-27)49-2)41-36-40-23-31(37)35(42-36)39-22-24-6-4-7-28(18-24)45(47)48/h4,6-7,9,11,18,21,23,25-26,29-30H,3,5,8,10,12-17,19-20,22H2,1-2H3,(H,38,46)(H2,39,40,41,42)/t25-,26?,29-,30+/m1/s1. The highest BCUT2D eigenvalue weighted by atomic mass is 35.5. The van der Waals surface area contributed by atoms with E-state index in [9.17, 15) is 14.9 Å². The van der Waals surface area contributed by atoms with Crippen LogP contribution in [-0.4, -0.2) is 72.1 Å². The Morgan fingerprint density at radius 1 is 1.14 bits per heavy atom. The normalized spacial score (nSPS) is 21.8. The quantitative estimate of drug-likeness (QED) is 0.0921. The van der Waals surface area contributed by atoms with Crippen LogP contribution in [0.5, 0.6) is 5.75 Å². The molecule has 262 valence electrons. The smallest absolute Gasteiger partial charge is 0.269 e.